The van der Waals surface area contributed by atoms with E-state index in [4.69, 9.17) is 11.5 Å². The average Bonchev–Trinajstić information content (AvgIpc) is 2.34. The Morgan fingerprint density at radius 2 is 1.89 bits per heavy atom. The van der Waals surface area contributed by atoms with Gasteiger partial charge in [0, 0.05) is 6.54 Å². The zero-order valence-corrected chi connectivity index (χ0v) is 11.2. The molecule has 5 nitrogen and oxygen atoms in total. The molecule has 18 heavy (non-hydrogen) atoms. The smallest absolute Gasteiger partial charge is 0.239 e. The third kappa shape index (κ3) is 5.04. The summed E-state index contributed by atoms with van der Waals surface area (Å²) in [7, 11) is 0. The van der Waals surface area contributed by atoms with Gasteiger partial charge in [-0.1, -0.05) is 32.1 Å². The zero-order valence-electron chi connectivity index (χ0n) is 11.2. The van der Waals surface area contributed by atoms with Crippen LogP contribution in [0.4, 0.5) is 0 Å². The minimum absolute atomic E-state index is 0.0207. The number of carbonyl (C=O) groups excluding carboxylic acids is 2. The molecular formula is C13H25N3O2. The standard InChI is InChI=1S/C13H25N3O2/c1-10(14)13(18)16(9-12(15)17)8-7-11-5-3-2-4-6-11/h10-11H,2-9,14H2,1H3,(H2,15,17)/t10-/m1/s1. The predicted octanol–water partition coefficient (Wildman–Crippen LogP) is 0.618. The van der Waals surface area contributed by atoms with Gasteiger partial charge in [-0.3, -0.25) is 9.59 Å². The number of primary amides is 1. The predicted molar refractivity (Wildman–Crippen MR) is 70.6 cm³/mol. The van der Waals surface area contributed by atoms with E-state index in [-0.39, 0.29) is 12.5 Å². The molecular weight excluding hydrogens is 230 g/mol. The van der Waals surface area contributed by atoms with Crippen molar-refractivity contribution in [1.82, 2.24) is 4.90 Å². The van der Waals surface area contributed by atoms with Gasteiger partial charge in [0.2, 0.25) is 11.8 Å². The minimum atomic E-state index is -0.573. The summed E-state index contributed by atoms with van der Waals surface area (Å²) in [4.78, 5) is 24.3. The first kappa shape index (κ1) is 15.0. The molecule has 5 heteroatoms. The summed E-state index contributed by atoms with van der Waals surface area (Å²) in [5.74, 6) is 0.00672. The van der Waals surface area contributed by atoms with Gasteiger partial charge in [0.1, 0.15) is 0 Å². The van der Waals surface area contributed by atoms with Gasteiger partial charge in [-0.05, 0) is 19.3 Å². The molecule has 1 aliphatic carbocycles. The van der Waals surface area contributed by atoms with Crippen molar-refractivity contribution in [3.8, 4) is 0 Å². The molecule has 0 aromatic rings. The van der Waals surface area contributed by atoms with Gasteiger partial charge < -0.3 is 16.4 Å². The van der Waals surface area contributed by atoms with Crippen LogP contribution in [0.3, 0.4) is 0 Å². The summed E-state index contributed by atoms with van der Waals surface area (Å²) in [5.41, 5.74) is 10.7. The molecule has 4 N–H and O–H groups in total. The van der Waals surface area contributed by atoms with Crippen LogP contribution in [-0.4, -0.2) is 35.8 Å². The first-order valence-corrected chi connectivity index (χ1v) is 6.83. The van der Waals surface area contributed by atoms with Crippen LogP contribution in [0.2, 0.25) is 0 Å². The molecule has 1 fully saturated rings. The van der Waals surface area contributed by atoms with Crippen LogP contribution in [0.15, 0.2) is 0 Å². The normalized spacial score (nSPS) is 18.3. The van der Waals surface area contributed by atoms with Crippen molar-refractivity contribution in [2.45, 2.75) is 51.5 Å². The molecule has 1 aliphatic rings. The van der Waals surface area contributed by atoms with E-state index in [1.165, 1.54) is 37.0 Å². The fourth-order valence-electron chi connectivity index (χ4n) is 2.56. The Bertz CT molecular complexity index is 286. The van der Waals surface area contributed by atoms with Gasteiger partial charge in [0.05, 0.1) is 12.6 Å². The van der Waals surface area contributed by atoms with Gasteiger partial charge in [0.25, 0.3) is 0 Å². The molecule has 0 bridgehead atoms. The van der Waals surface area contributed by atoms with Crippen molar-refractivity contribution in [1.29, 1.82) is 0 Å². The summed E-state index contributed by atoms with van der Waals surface area (Å²) in [5, 5.41) is 0. The van der Waals surface area contributed by atoms with E-state index in [9.17, 15) is 9.59 Å². The first-order valence-electron chi connectivity index (χ1n) is 6.83. The second-order valence-electron chi connectivity index (χ2n) is 5.31. The quantitative estimate of drug-likeness (QED) is 0.729. The molecule has 0 aliphatic heterocycles. The largest absolute Gasteiger partial charge is 0.368 e. The Balaban J connectivity index is 2.44. The van der Waals surface area contributed by atoms with Crippen LogP contribution >= 0.6 is 0 Å². The number of rotatable bonds is 6. The SMILES string of the molecule is C[C@@H](N)C(=O)N(CCC1CCCCC1)CC(N)=O. The van der Waals surface area contributed by atoms with E-state index >= 15 is 0 Å². The summed E-state index contributed by atoms with van der Waals surface area (Å²) < 4.78 is 0. The Hall–Kier alpha value is -1.10. The van der Waals surface area contributed by atoms with Gasteiger partial charge in [-0.25, -0.2) is 0 Å². The molecule has 1 saturated carbocycles. The highest BCUT2D eigenvalue weighted by Gasteiger charge is 2.21. The summed E-state index contributed by atoms with van der Waals surface area (Å²) in [6.45, 7) is 2.21. The molecule has 0 aromatic carbocycles. The van der Waals surface area contributed by atoms with Gasteiger partial charge in [-0.15, -0.1) is 0 Å². The summed E-state index contributed by atoms with van der Waals surface area (Å²) in [6.07, 6.45) is 7.29. The van der Waals surface area contributed by atoms with Gasteiger partial charge in [0.15, 0.2) is 0 Å². The van der Waals surface area contributed by atoms with Crippen LogP contribution in [0.1, 0.15) is 45.4 Å². The topological polar surface area (TPSA) is 89.4 Å². The maximum atomic E-state index is 11.8. The van der Waals surface area contributed by atoms with Crippen LogP contribution in [0.25, 0.3) is 0 Å². The Kier molecular flexibility index (Phi) is 6.12. The van der Waals surface area contributed by atoms with E-state index in [2.05, 4.69) is 0 Å². The second kappa shape index (κ2) is 7.36. The molecule has 1 atom stereocenters. The van der Waals surface area contributed by atoms with Crippen molar-refractivity contribution in [3.63, 3.8) is 0 Å². The number of hydrogen-bond donors (Lipinski definition) is 2. The number of nitrogens with two attached hydrogens (primary N) is 2. The zero-order chi connectivity index (χ0) is 13.5. The van der Waals surface area contributed by atoms with Crippen LogP contribution < -0.4 is 11.5 Å². The van der Waals surface area contributed by atoms with Crippen LogP contribution in [0.5, 0.6) is 0 Å². The monoisotopic (exact) mass is 255 g/mol. The highest BCUT2D eigenvalue weighted by molar-refractivity contribution is 5.86. The lowest BCUT2D eigenvalue weighted by molar-refractivity contribution is -0.136. The maximum absolute atomic E-state index is 11.8. The lowest BCUT2D eigenvalue weighted by atomic mass is 9.87. The van der Waals surface area contributed by atoms with Crippen LogP contribution in [-0.2, 0) is 9.59 Å². The van der Waals surface area contributed by atoms with E-state index in [0.29, 0.717) is 12.5 Å². The highest BCUT2D eigenvalue weighted by atomic mass is 16.2. The number of carbonyl (C=O) groups is 2. The van der Waals surface area contributed by atoms with E-state index < -0.39 is 11.9 Å². The molecule has 104 valence electrons. The lowest BCUT2D eigenvalue weighted by Crippen LogP contribution is -2.46. The fraction of sp³-hybridized carbons (Fsp3) is 0.846. The first-order chi connectivity index (χ1) is 8.50. The van der Waals surface area contributed by atoms with Crippen molar-refractivity contribution < 1.29 is 9.59 Å². The molecule has 0 saturated heterocycles. The molecule has 1 rings (SSSR count). The van der Waals surface area contributed by atoms with Crippen LogP contribution in [0, 0.1) is 5.92 Å². The van der Waals surface area contributed by atoms with Crippen molar-refractivity contribution in [2.24, 2.45) is 17.4 Å². The molecule has 2 amide bonds. The second-order valence-corrected chi connectivity index (χ2v) is 5.31. The summed E-state index contributed by atoms with van der Waals surface area (Å²) >= 11 is 0. The highest BCUT2D eigenvalue weighted by Crippen LogP contribution is 2.26. The summed E-state index contributed by atoms with van der Waals surface area (Å²) in [6, 6.07) is -0.573. The van der Waals surface area contributed by atoms with E-state index in [1.54, 1.807) is 6.92 Å². The molecule has 0 radical (unpaired) electrons. The van der Waals surface area contributed by atoms with Crippen molar-refractivity contribution >= 4 is 11.8 Å². The lowest BCUT2D eigenvalue weighted by Gasteiger charge is -2.27. The van der Waals surface area contributed by atoms with Crippen molar-refractivity contribution in [2.75, 3.05) is 13.1 Å². The van der Waals surface area contributed by atoms with E-state index in [0.717, 1.165) is 6.42 Å². The number of nitrogens with zero attached hydrogens (tertiary/aromatic N) is 1. The Morgan fingerprint density at radius 3 is 2.39 bits per heavy atom. The third-order valence-electron chi connectivity index (χ3n) is 3.58. The maximum Gasteiger partial charge on any atom is 0.239 e. The average molecular weight is 255 g/mol. The fourth-order valence-corrected chi connectivity index (χ4v) is 2.56. The van der Waals surface area contributed by atoms with E-state index in [1.807, 2.05) is 0 Å². The minimum Gasteiger partial charge on any atom is -0.368 e. The molecule has 0 heterocycles. The Morgan fingerprint density at radius 1 is 1.28 bits per heavy atom. The molecule has 0 unspecified atom stereocenters. The molecule has 0 spiro atoms. The third-order valence-corrected chi connectivity index (χ3v) is 3.58. The number of amides is 2. The van der Waals surface area contributed by atoms with Crippen molar-refractivity contribution in [3.05, 3.63) is 0 Å². The Labute approximate surface area is 109 Å². The van der Waals surface area contributed by atoms with Gasteiger partial charge in [-0.2, -0.15) is 0 Å². The number of hydrogen-bond acceptors (Lipinski definition) is 3. The van der Waals surface area contributed by atoms with Gasteiger partial charge >= 0.3 is 0 Å². The molecule has 0 aromatic heterocycles.